The van der Waals surface area contributed by atoms with Gasteiger partial charge in [0.2, 0.25) is 5.91 Å². The number of carbonyl (C=O) groups is 1. The number of aromatic amines is 1. The number of para-hydroxylation sites is 1. The lowest BCUT2D eigenvalue weighted by molar-refractivity contribution is -0.118. The molecular weight excluding hydrogens is 456 g/mol. The van der Waals surface area contributed by atoms with E-state index in [9.17, 15) is 9.59 Å². The number of hydrogen-bond donors (Lipinski definition) is 1. The number of nitrogens with zero attached hydrogens (tertiary/aromatic N) is 3. The normalized spacial score (nSPS) is 11.2. The minimum atomic E-state index is -0.137. The van der Waals surface area contributed by atoms with E-state index in [2.05, 4.69) is 44.6 Å². The number of fused-ring (bicyclic) bond motifs is 1. The molecule has 0 atom stereocenters. The van der Waals surface area contributed by atoms with Crippen molar-refractivity contribution in [2.45, 2.75) is 33.1 Å². The Balaban J connectivity index is 1.67. The van der Waals surface area contributed by atoms with E-state index in [4.69, 9.17) is 0 Å². The lowest BCUT2D eigenvalue weighted by Gasteiger charge is -2.27. The van der Waals surface area contributed by atoms with Crippen LogP contribution in [-0.4, -0.2) is 47.0 Å². The van der Waals surface area contributed by atoms with Crippen LogP contribution in [0.2, 0.25) is 0 Å². The first kappa shape index (κ1) is 23.2. The second-order valence-corrected chi connectivity index (χ2v) is 8.35. The number of amides is 1. The summed E-state index contributed by atoms with van der Waals surface area (Å²) in [5, 5.41) is 0.583. The van der Waals surface area contributed by atoms with Gasteiger partial charge in [0.25, 0.3) is 5.56 Å². The van der Waals surface area contributed by atoms with Crippen molar-refractivity contribution < 1.29 is 4.79 Å². The molecule has 3 rings (SSSR count). The summed E-state index contributed by atoms with van der Waals surface area (Å²) in [5.41, 5.74) is 1.44. The molecule has 1 heterocycles. The third-order valence-electron chi connectivity index (χ3n) is 5.42. The van der Waals surface area contributed by atoms with Crippen LogP contribution in [0, 0.1) is 0 Å². The molecule has 0 bridgehead atoms. The second-order valence-electron chi connectivity index (χ2n) is 7.44. The van der Waals surface area contributed by atoms with E-state index in [0.717, 1.165) is 29.8 Å². The van der Waals surface area contributed by atoms with E-state index in [1.807, 2.05) is 47.4 Å². The quantitative estimate of drug-likeness (QED) is 0.463. The zero-order chi connectivity index (χ0) is 22.2. The molecule has 1 aromatic heterocycles. The maximum Gasteiger partial charge on any atom is 0.258 e. The molecule has 0 aliphatic rings. The molecule has 3 aromatic rings. The Morgan fingerprint density at radius 1 is 1.06 bits per heavy atom. The van der Waals surface area contributed by atoms with E-state index in [-0.39, 0.29) is 11.5 Å². The Hall–Kier alpha value is -2.51. The number of likely N-dealkylation sites (N-methyl/N-ethyl adjacent to an activating group) is 1. The van der Waals surface area contributed by atoms with Crippen molar-refractivity contribution in [3.8, 4) is 0 Å². The highest BCUT2D eigenvalue weighted by Crippen LogP contribution is 2.21. The van der Waals surface area contributed by atoms with Crippen molar-refractivity contribution in [1.29, 1.82) is 0 Å². The van der Waals surface area contributed by atoms with Crippen LogP contribution in [0.15, 0.2) is 57.8 Å². The van der Waals surface area contributed by atoms with E-state index in [1.165, 1.54) is 0 Å². The zero-order valence-electron chi connectivity index (χ0n) is 18.1. The molecule has 2 aromatic carbocycles. The fourth-order valence-electron chi connectivity index (χ4n) is 3.62. The van der Waals surface area contributed by atoms with Crippen LogP contribution in [0.5, 0.6) is 0 Å². The van der Waals surface area contributed by atoms with E-state index >= 15 is 0 Å². The Morgan fingerprint density at radius 2 is 1.84 bits per heavy atom. The van der Waals surface area contributed by atoms with Gasteiger partial charge in [0, 0.05) is 36.1 Å². The van der Waals surface area contributed by atoms with Crippen LogP contribution in [-0.2, 0) is 11.2 Å². The number of anilines is 1. The minimum Gasteiger partial charge on any atom is -0.311 e. The lowest BCUT2D eigenvalue weighted by atomic mass is 10.1. The van der Waals surface area contributed by atoms with Gasteiger partial charge in [-0.1, -0.05) is 48.0 Å². The standard InChI is InChI=1S/C24H29BrN4O2/c1-3-28(4-2)15-16-29(19-10-7-9-18(25)17-19)23(30)14-8-13-22-26-21-12-6-5-11-20(21)24(31)27-22/h5-7,9-12,17H,3-4,8,13-16H2,1-2H3,(H,26,27,31). The summed E-state index contributed by atoms with van der Waals surface area (Å²) < 4.78 is 0.948. The Morgan fingerprint density at radius 3 is 2.58 bits per heavy atom. The van der Waals surface area contributed by atoms with Crippen molar-refractivity contribution in [3.63, 3.8) is 0 Å². The largest absolute Gasteiger partial charge is 0.311 e. The Bertz CT molecular complexity index is 1080. The number of nitrogens with one attached hydrogen (secondary N) is 1. The van der Waals surface area contributed by atoms with Gasteiger partial charge < -0.3 is 14.8 Å². The molecule has 0 aliphatic carbocycles. The van der Waals surface area contributed by atoms with Gasteiger partial charge in [0.15, 0.2) is 0 Å². The molecular formula is C24H29BrN4O2. The predicted molar refractivity (Wildman–Crippen MR) is 130 cm³/mol. The first-order chi connectivity index (χ1) is 15.0. The number of hydrogen-bond acceptors (Lipinski definition) is 4. The average Bonchev–Trinajstić information content (AvgIpc) is 2.77. The summed E-state index contributed by atoms with van der Waals surface area (Å²) in [4.78, 5) is 36.9. The highest BCUT2D eigenvalue weighted by Gasteiger charge is 2.17. The summed E-state index contributed by atoms with van der Waals surface area (Å²) in [7, 11) is 0. The number of H-pyrrole nitrogens is 1. The van der Waals surface area contributed by atoms with Crippen molar-refractivity contribution >= 4 is 38.4 Å². The van der Waals surface area contributed by atoms with Crippen LogP contribution in [0.25, 0.3) is 10.9 Å². The van der Waals surface area contributed by atoms with Crippen molar-refractivity contribution in [3.05, 3.63) is 69.2 Å². The summed E-state index contributed by atoms with van der Waals surface area (Å²) in [6.07, 6.45) is 1.56. The summed E-state index contributed by atoms with van der Waals surface area (Å²) in [6, 6.07) is 15.1. The molecule has 1 N–H and O–H groups in total. The zero-order valence-corrected chi connectivity index (χ0v) is 19.7. The number of benzene rings is 2. The topological polar surface area (TPSA) is 69.3 Å². The van der Waals surface area contributed by atoms with E-state index < -0.39 is 0 Å². The highest BCUT2D eigenvalue weighted by atomic mass is 79.9. The summed E-state index contributed by atoms with van der Waals surface area (Å²) in [6.45, 7) is 7.64. The maximum atomic E-state index is 13.1. The smallest absolute Gasteiger partial charge is 0.258 e. The van der Waals surface area contributed by atoms with Gasteiger partial charge in [0.1, 0.15) is 5.82 Å². The molecule has 0 fully saturated rings. The molecule has 0 saturated heterocycles. The molecule has 31 heavy (non-hydrogen) atoms. The SMILES string of the molecule is CCN(CC)CCN(C(=O)CCCc1nc2ccccc2c(=O)[nH]1)c1cccc(Br)c1. The molecule has 6 nitrogen and oxygen atoms in total. The molecule has 164 valence electrons. The first-order valence-corrected chi connectivity index (χ1v) is 11.6. The van der Waals surface area contributed by atoms with Crippen LogP contribution in [0.4, 0.5) is 5.69 Å². The van der Waals surface area contributed by atoms with Gasteiger partial charge in [-0.05, 0) is 49.8 Å². The van der Waals surface area contributed by atoms with Gasteiger partial charge in [-0.25, -0.2) is 4.98 Å². The molecule has 0 unspecified atom stereocenters. The fourth-order valence-corrected chi connectivity index (χ4v) is 4.01. The number of rotatable bonds is 10. The lowest BCUT2D eigenvalue weighted by Crippen LogP contribution is -2.38. The van der Waals surface area contributed by atoms with Crippen molar-refractivity contribution in [2.75, 3.05) is 31.1 Å². The van der Waals surface area contributed by atoms with Crippen LogP contribution in [0.3, 0.4) is 0 Å². The fraction of sp³-hybridized carbons (Fsp3) is 0.375. The Labute approximate surface area is 191 Å². The van der Waals surface area contributed by atoms with Gasteiger partial charge in [-0.15, -0.1) is 0 Å². The minimum absolute atomic E-state index is 0.0772. The molecule has 0 spiro atoms. The van der Waals surface area contributed by atoms with Crippen LogP contribution >= 0.6 is 15.9 Å². The van der Waals surface area contributed by atoms with Crippen molar-refractivity contribution in [1.82, 2.24) is 14.9 Å². The first-order valence-electron chi connectivity index (χ1n) is 10.8. The van der Waals surface area contributed by atoms with Crippen LogP contribution < -0.4 is 10.5 Å². The number of carbonyl (C=O) groups excluding carboxylic acids is 1. The summed E-state index contributed by atoms with van der Waals surface area (Å²) in [5.74, 6) is 0.696. The monoisotopic (exact) mass is 484 g/mol. The highest BCUT2D eigenvalue weighted by molar-refractivity contribution is 9.10. The number of aryl methyl sites for hydroxylation is 1. The third kappa shape index (κ3) is 6.24. The number of halogens is 1. The van der Waals surface area contributed by atoms with Gasteiger partial charge in [-0.3, -0.25) is 9.59 Å². The Kier molecular flexibility index (Phi) is 8.37. The van der Waals surface area contributed by atoms with Gasteiger partial charge >= 0.3 is 0 Å². The third-order valence-corrected chi connectivity index (χ3v) is 5.91. The van der Waals surface area contributed by atoms with E-state index in [0.29, 0.717) is 42.5 Å². The second kappa shape index (κ2) is 11.2. The molecule has 0 saturated carbocycles. The maximum absolute atomic E-state index is 13.1. The molecule has 0 aliphatic heterocycles. The molecule has 1 amide bonds. The summed E-state index contributed by atoms with van der Waals surface area (Å²) >= 11 is 3.51. The van der Waals surface area contributed by atoms with E-state index in [1.54, 1.807) is 6.07 Å². The molecule has 7 heteroatoms. The predicted octanol–water partition coefficient (Wildman–Crippen LogP) is 4.38. The average molecular weight is 485 g/mol. The van der Waals surface area contributed by atoms with Gasteiger partial charge in [0.05, 0.1) is 10.9 Å². The van der Waals surface area contributed by atoms with Crippen molar-refractivity contribution in [2.24, 2.45) is 0 Å². The van der Waals surface area contributed by atoms with Gasteiger partial charge in [-0.2, -0.15) is 0 Å². The number of aromatic nitrogens is 2. The molecule has 0 radical (unpaired) electrons. The van der Waals surface area contributed by atoms with Crippen LogP contribution in [0.1, 0.15) is 32.5 Å².